The highest BCUT2D eigenvalue weighted by atomic mass is 19.3. The Kier molecular flexibility index (Phi) is 5.95. The molecule has 3 N–H and O–H groups in total. The van der Waals surface area contributed by atoms with Crippen molar-refractivity contribution in [2.75, 3.05) is 13.2 Å². The Labute approximate surface area is 158 Å². The number of nitrogens with zero attached hydrogens (tertiary/aromatic N) is 1. The maximum atomic E-state index is 14.3. The van der Waals surface area contributed by atoms with Gasteiger partial charge < -0.3 is 10.4 Å². The minimum absolute atomic E-state index is 0.256. The summed E-state index contributed by atoms with van der Waals surface area (Å²) >= 11 is 0. The van der Waals surface area contributed by atoms with Crippen LogP contribution in [0.15, 0.2) is 42.6 Å². The predicted octanol–water partition coefficient (Wildman–Crippen LogP) is 2.62. The highest BCUT2D eigenvalue weighted by Gasteiger charge is 2.39. The molecule has 1 aliphatic heterocycles. The van der Waals surface area contributed by atoms with Gasteiger partial charge in [0.2, 0.25) is 5.79 Å². The van der Waals surface area contributed by atoms with Gasteiger partial charge in [-0.05, 0) is 17.2 Å². The van der Waals surface area contributed by atoms with Crippen LogP contribution in [0.3, 0.4) is 0 Å². The summed E-state index contributed by atoms with van der Waals surface area (Å²) in [4.78, 5) is 15.2. The smallest absolute Gasteiger partial charge is 0.315 e. The van der Waals surface area contributed by atoms with E-state index in [4.69, 9.17) is 0 Å². The fourth-order valence-corrected chi connectivity index (χ4v) is 2.91. The molecule has 1 saturated heterocycles. The summed E-state index contributed by atoms with van der Waals surface area (Å²) in [6.45, 7) is -0.604. The van der Waals surface area contributed by atoms with Gasteiger partial charge in [0.05, 0.1) is 11.7 Å². The van der Waals surface area contributed by atoms with E-state index in [1.165, 1.54) is 18.3 Å². The molecule has 0 saturated carbocycles. The van der Waals surface area contributed by atoms with Crippen LogP contribution in [0.1, 0.15) is 23.8 Å². The molecule has 150 valence electrons. The van der Waals surface area contributed by atoms with Crippen LogP contribution in [0.2, 0.25) is 0 Å². The summed E-state index contributed by atoms with van der Waals surface area (Å²) in [5.41, 5.74) is 1.99. The van der Waals surface area contributed by atoms with E-state index in [0.29, 0.717) is 24.2 Å². The minimum atomic E-state index is -3.29. The van der Waals surface area contributed by atoms with E-state index in [0.717, 1.165) is 5.56 Å². The Bertz CT molecular complexity index is 811. The molecule has 1 fully saturated rings. The molecule has 1 aromatic heterocycles. The van der Waals surface area contributed by atoms with Crippen molar-refractivity contribution < 1.29 is 27.5 Å². The van der Waals surface area contributed by atoms with Crippen LogP contribution < -0.4 is 10.6 Å². The first kappa shape index (κ1) is 20.2. The second-order valence-electron chi connectivity index (χ2n) is 6.55. The number of carbonyl (C=O) groups is 1. The monoisotopic (exact) mass is 397 g/mol. The van der Waals surface area contributed by atoms with E-state index in [2.05, 4.69) is 10.3 Å². The Morgan fingerprint density at radius 3 is 2.32 bits per heavy atom. The molecule has 1 aromatic carbocycles. The van der Waals surface area contributed by atoms with E-state index in [1.807, 2.05) is 0 Å². The number of carbonyl (C=O) groups excluding carboxylic acids is 1. The first-order valence-corrected chi connectivity index (χ1v) is 8.67. The number of aliphatic hydroxyl groups is 1. The maximum absolute atomic E-state index is 14.3. The van der Waals surface area contributed by atoms with E-state index >= 15 is 0 Å². The lowest BCUT2D eigenvalue weighted by Gasteiger charge is -2.34. The van der Waals surface area contributed by atoms with Crippen LogP contribution >= 0.6 is 0 Å². The van der Waals surface area contributed by atoms with Gasteiger partial charge in [-0.2, -0.15) is 8.78 Å². The summed E-state index contributed by atoms with van der Waals surface area (Å²) in [6, 6.07) is 8.07. The largest absolute Gasteiger partial charge is 0.386 e. The SMILES string of the molecule is O=C(NC(CF)C(O)c1ccc(-c2ccc(C3(F)CCN3)nc2)cc1)C(F)F. The third-order valence-electron chi connectivity index (χ3n) is 4.70. The van der Waals surface area contributed by atoms with Crippen LogP contribution in [0.5, 0.6) is 0 Å². The maximum Gasteiger partial charge on any atom is 0.315 e. The van der Waals surface area contributed by atoms with Crippen molar-refractivity contribution in [2.24, 2.45) is 0 Å². The van der Waals surface area contributed by atoms with Crippen molar-refractivity contribution in [3.63, 3.8) is 0 Å². The van der Waals surface area contributed by atoms with E-state index in [1.54, 1.807) is 29.6 Å². The topological polar surface area (TPSA) is 74.2 Å². The van der Waals surface area contributed by atoms with Crippen molar-refractivity contribution in [3.05, 3.63) is 53.9 Å². The molecule has 0 radical (unpaired) electrons. The number of alkyl halides is 4. The molecule has 28 heavy (non-hydrogen) atoms. The molecule has 0 spiro atoms. The normalized spacial score (nSPS) is 21.1. The minimum Gasteiger partial charge on any atom is -0.386 e. The number of amides is 1. The van der Waals surface area contributed by atoms with Crippen LogP contribution in [0.25, 0.3) is 11.1 Å². The number of pyridine rings is 1. The zero-order chi connectivity index (χ0) is 20.3. The average molecular weight is 397 g/mol. The second kappa shape index (κ2) is 8.24. The molecule has 3 rings (SSSR count). The molecule has 0 bridgehead atoms. The van der Waals surface area contributed by atoms with E-state index < -0.39 is 36.9 Å². The summed E-state index contributed by atoms with van der Waals surface area (Å²) in [7, 11) is 0. The molecule has 3 unspecified atom stereocenters. The van der Waals surface area contributed by atoms with Crippen LogP contribution in [-0.2, 0) is 10.6 Å². The van der Waals surface area contributed by atoms with Gasteiger partial charge in [0.1, 0.15) is 12.8 Å². The Morgan fingerprint density at radius 1 is 1.21 bits per heavy atom. The fraction of sp³-hybridized carbons (Fsp3) is 0.368. The number of aromatic nitrogens is 1. The Morgan fingerprint density at radius 2 is 1.86 bits per heavy atom. The van der Waals surface area contributed by atoms with E-state index in [9.17, 15) is 27.5 Å². The Balaban J connectivity index is 1.71. The van der Waals surface area contributed by atoms with Crippen molar-refractivity contribution in [2.45, 2.75) is 30.8 Å². The van der Waals surface area contributed by atoms with Gasteiger partial charge in [0.15, 0.2) is 0 Å². The van der Waals surface area contributed by atoms with Crippen molar-refractivity contribution in [1.29, 1.82) is 0 Å². The van der Waals surface area contributed by atoms with Gasteiger partial charge in [0.25, 0.3) is 5.91 Å². The van der Waals surface area contributed by atoms with Gasteiger partial charge in [0, 0.05) is 24.7 Å². The average Bonchev–Trinajstić information content (AvgIpc) is 2.69. The lowest BCUT2D eigenvalue weighted by Crippen LogP contribution is -2.51. The molecular formula is C19H19F4N3O2. The number of aliphatic hydroxyl groups excluding tert-OH is 1. The molecule has 5 nitrogen and oxygen atoms in total. The molecule has 3 atom stereocenters. The van der Waals surface area contributed by atoms with Gasteiger partial charge in [-0.15, -0.1) is 0 Å². The number of benzene rings is 1. The number of nitrogens with one attached hydrogen (secondary N) is 2. The number of rotatable bonds is 7. The molecule has 2 heterocycles. The van der Waals surface area contributed by atoms with E-state index in [-0.39, 0.29) is 5.56 Å². The Hall–Kier alpha value is -2.52. The van der Waals surface area contributed by atoms with Crippen LogP contribution in [-0.4, -0.2) is 41.7 Å². The molecule has 2 aromatic rings. The van der Waals surface area contributed by atoms with Gasteiger partial charge in [-0.1, -0.05) is 30.3 Å². The van der Waals surface area contributed by atoms with Crippen molar-refractivity contribution in [3.8, 4) is 11.1 Å². The van der Waals surface area contributed by atoms with Crippen LogP contribution in [0, 0.1) is 0 Å². The van der Waals surface area contributed by atoms with Gasteiger partial charge in [-0.25, -0.2) is 8.78 Å². The second-order valence-corrected chi connectivity index (χ2v) is 6.55. The lowest BCUT2D eigenvalue weighted by atomic mass is 9.97. The zero-order valence-electron chi connectivity index (χ0n) is 14.7. The summed E-state index contributed by atoms with van der Waals surface area (Å²) in [5, 5.41) is 14.6. The molecule has 0 aliphatic carbocycles. The van der Waals surface area contributed by atoms with Gasteiger partial charge >= 0.3 is 6.43 Å². The number of hydrogen-bond acceptors (Lipinski definition) is 4. The third kappa shape index (κ3) is 4.15. The molecular weight excluding hydrogens is 378 g/mol. The number of halogens is 4. The number of hydrogen-bond donors (Lipinski definition) is 3. The first-order valence-electron chi connectivity index (χ1n) is 8.67. The van der Waals surface area contributed by atoms with Crippen molar-refractivity contribution >= 4 is 5.91 Å². The molecule has 1 aliphatic rings. The zero-order valence-corrected chi connectivity index (χ0v) is 14.7. The van der Waals surface area contributed by atoms with Crippen LogP contribution in [0.4, 0.5) is 17.6 Å². The predicted molar refractivity (Wildman–Crippen MR) is 93.9 cm³/mol. The lowest BCUT2D eigenvalue weighted by molar-refractivity contribution is -0.133. The third-order valence-corrected chi connectivity index (χ3v) is 4.70. The first-order chi connectivity index (χ1) is 13.3. The highest BCUT2D eigenvalue weighted by Crippen LogP contribution is 2.32. The summed E-state index contributed by atoms with van der Waals surface area (Å²) in [5.74, 6) is -3.23. The summed E-state index contributed by atoms with van der Waals surface area (Å²) in [6.07, 6.45) is -2.89. The molecule has 1 amide bonds. The highest BCUT2D eigenvalue weighted by molar-refractivity contribution is 5.79. The standard InChI is InChI=1S/C19H19F4N3O2/c20-9-14(26-18(28)17(21)22)16(27)12-3-1-11(2-4-12)13-5-6-15(24-10-13)19(23)7-8-25-19/h1-6,10,14,16-17,25,27H,7-9H2,(H,26,28). The van der Waals surface area contributed by atoms with Crippen molar-refractivity contribution in [1.82, 2.24) is 15.6 Å². The fourth-order valence-electron chi connectivity index (χ4n) is 2.91. The molecule has 9 heteroatoms. The summed E-state index contributed by atoms with van der Waals surface area (Å²) < 4.78 is 51.9. The quantitative estimate of drug-likeness (QED) is 0.496. The van der Waals surface area contributed by atoms with Gasteiger partial charge in [-0.3, -0.25) is 15.1 Å².